The Kier molecular flexibility index (Phi) is 14.2. The van der Waals surface area contributed by atoms with Crippen molar-refractivity contribution in [1.82, 2.24) is 15.3 Å². The maximum atomic E-state index is 12.7. The molecule has 0 fully saturated rings. The van der Waals surface area contributed by atoms with E-state index in [0.29, 0.717) is 32.1 Å². The van der Waals surface area contributed by atoms with E-state index in [1.807, 2.05) is 0 Å². The molecule has 1 aromatic carbocycles. The number of anilines is 4. The van der Waals surface area contributed by atoms with Crippen molar-refractivity contribution in [3.8, 4) is 0 Å². The molecule has 5 amide bonds. The van der Waals surface area contributed by atoms with Gasteiger partial charge in [0, 0.05) is 46.0 Å². The molecule has 54 heavy (non-hydrogen) atoms. The number of hydrogen-bond acceptors (Lipinski definition) is 13. The van der Waals surface area contributed by atoms with Crippen LogP contribution < -0.4 is 26.6 Å². The number of nitrogens with zero attached hydrogens (tertiary/aromatic N) is 3. The number of rotatable bonds is 15. The topological polar surface area (TPSA) is 236 Å². The third-order valence-electron chi connectivity index (χ3n) is 6.68. The maximum absolute atomic E-state index is 12.7. The SMILES string of the molecule is CC(=O)Nc1cc(COC(=O)CCNC(=O)c2ccc(C=Nc3ccc(C(=O)OCc4cc(NC(C)=O)nc(NC(C)=O)c4)s3)cc2)cc(NC(C)=O)n1. The zero-order valence-electron chi connectivity index (χ0n) is 29.6. The number of hydrogen-bond donors (Lipinski definition) is 5. The molecular weight excluding hydrogens is 721 g/mol. The first-order chi connectivity index (χ1) is 25.7. The first-order valence-corrected chi connectivity index (χ1v) is 17.0. The summed E-state index contributed by atoms with van der Waals surface area (Å²) in [6, 6.07) is 15.9. The number of carbonyl (C=O) groups is 7. The van der Waals surface area contributed by atoms with Crippen molar-refractivity contribution in [2.24, 2.45) is 4.99 Å². The number of benzene rings is 1. The first-order valence-electron chi connectivity index (χ1n) is 16.2. The average Bonchev–Trinajstić information content (AvgIpc) is 3.57. The lowest BCUT2D eigenvalue weighted by Gasteiger charge is -2.10. The molecule has 0 atom stereocenters. The molecule has 4 aromatic rings. The van der Waals surface area contributed by atoms with E-state index in [4.69, 9.17) is 9.47 Å². The molecule has 0 spiro atoms. The molecule has 0 bridgehead atoms. The molecule has 3 aromatic heterocycles. The fraction of sp³-hybridized carbons (Fsp3) is 0.222. The molecule has 0 saturated carbocycles. The largest absolute Gasteiger partial charge is 0.461 e. The van der Waals surface area contributed by atoms with Gasteiger partial charge >= 0.3 is 11.9 Å². The smallest absolute Gasteiger partial charge is 0.348 e. The van der Waals surface area contributed by atoms with Crippen LogP contribution in [0.5, 0.6) is 0 Å². The Morgan fingerprint density at radius 3 is 1.63 bits per heavy atom. The Morgan fingerprint density at radius 1 is 0.667 bits per heavy atom. The molecular formula is C36H36N8O9S. The van der Waals surface area contributed by atoms with Gasteiger partial charge in [-0.2, -0.15) is 0 Å². The van der Waals surface area contributed by atoms with Crippen molar-refractivity contribution in [1.29, 1.82) is 0 Å². The summed E-state index contributed by atoms with van der Waals surface area (Å²) >= 11 is 1.11. The van der Waals surface area contributed by atoms with Crippen LogP contribution in [0.15, 0.2) is 65.7 Å². The summed E-state index contributed by atoms with van der Waals surface area (Å²) in [6.07, 6.45) is 1.47. The molecule has 0 unspecified atom stereocenters. The third kappa shape index (κ3) is 13.4. The summed E-state index contributed by atoms with van der Waals surface area (Å²) < 4.78 is 10.7. The van der Waals surface area contributed by atoms with Crippen LogP contribution in [0.25, 0.3) is 0 Å². The van der Waals surface area contributed by atoms with Crippen LogP contribution in [-0.4, -0.2) is 64.2 Å². The molecule has 5 N–H and O–H groups in total. The van der Waals surface area contributed by atoms with Gasteiger partial charge in [-0.25, -0.2) is 19.8 Å². The first kappa shape index (κ1) is 40.0. The van der Waals surface area contributed by atoms with Gasteiger partial charge in [0.1, 0.15) is 46.4 Å². The summed E-state index contributed by atoms with van der Waals surface area (Å²) in [5.74, 6) is -2.24. The summed E-state index contributed by atoms with van der Waals surface area (Å²) in [5.41, 5.74) is 2.03. The lowest BCUT2D eigenvalue weighted by atomic mass is 10.1. The minimum absolute atomic E-state index is 0.0213. The lowest BCUT2D eigenvalue weighted by molar-refractivity contribution is -0.144. The Labute approximate surface area is 313 Å². The second-order valence-corrected chi connectivity index (χ2v) is 12.5. The van der Waals surface area contributed by atoms with E-state index < -0.39 is 17.8 Å². The molecule has 18 heteroatoms. The molecule has 0 aliphatic carbocycles. The molecule has 280 valence electrons. The quantitative estimate of drug-likeness (QED) is 0.0845. The molecule has 0 saturated heterocycles. The van der Waals surface area contributed by atoms with Crippen molar-refractivity contribution in [2.75, 3.05) is 27.8 Å². The van der Waals surface area contributed by atoms with Gasteiger partial charge in [0.05, 0.1) is 6.42 Å². The standard InChI is InChI=1S/C36H36N8O9S/c1-20(45)39-29-13-25(14-30(43-29)40-21(2)46)18-52-34(49)11-12-37-35(50)27-7-5-24(6-8-27)17-38-33-10-9-28(54-33)36(51)53-19-26-15-31(41-22(3)47)44-32(16-26)42-23(4)48/h5-10,13-17H,11-12,18-19H2,1-4H3,(H,37,50)(H2,39,40,43,45,46)(H2,41,42,44,47,48). The van der Waals surface area contributed by atoms with E-state index in [9.17, 15) is 33.6 Å². The normalized spacial score (nSPS) is 10.6. The fourth-order valence-corrected chi connectivity index (χ4v) is 5.27. The van der Waals surface area contributed by atoms with Gasteiger partial charge in [-0.1, -0.05) is 12.1 Å². The van der Waals surface area contributed by atoms with Gasteiger partial charge in [0.25, 0.3) is 5.91 Å². The molecule has 4 rings (SSSR count). The monoisotopic (exact) mass is 756 g/mol. The highest BCUT2D eigenvalue weighted by atomic mass is 32.1. The molecule has 0 radical (unpaired) electrons. The number of aromatic nitrogens is 2. The lowest BCUT2D eigenvalue weighted by Crippen LogP contribution is -2.26. The maximum Gasteiger partial charge on any atom is 0.348 e. The van der Waals surface area contributed by atoms with Gasteiger partial charge in [-0.15, -0.1) is 11.3 Å². The van der Waals surface area contributed by atoms with Crippen LogP contribution in [0.2, 0.25) is 0 Å². The highest BCUT2D eigenvalue weighted by Crippen LogP contribution is 2.26. The Morgan fingerprint density at radius 2 is 1.15 bits per heavy atom. The number of esters is 2. The van der Waals surface area contributed by atoms with Crippen LogP contribution in [0.1, 0.15) is 70.8 Å². The summed E-state index contributed by atoms with van der Waals surface area (Å²) in [6.45, 7) is 4.99. The van der Waals surface area contributed by atoms with Crippen LogP contribution in [0.3, 0.4) is 0 Å². The summed E-state index contributed by atoms with van der Waals surface area (Å²) in [5, 5.41) is 13.3. The van der Waals surface area contributed by atoms with Crippen LogP contribution in [0, 0.1) is 0 Å². The van der Waals surface area contributed by atoms with Crippen LogP contribution in [-0.2, 0) is 46.7 Å². The number of carbonyl (C=O) groups excluding carboxylic acids is 7. The van der Waals surface area contributed by atoms with Gasteiger partial charge < -0.3 is 36.1 Å². The van der Waals surface area contributed by atoms with Crippen LogP contribution in [0.4, 0.5) is 28.3 Å². The van der Waals surface area contributed by atoms with Crippen molar-refractivity contribution in [2.45, 2.75) is 47.3 Å². The minimum Gasteiger partial charge on any atom is -0.461 e. The molecule has 0 aliphatic heterocycles. The van der Waals surface area contributed by atoms with Crippen molar-refractivity contribution < 1.29 is 43.0 Å². The predicted molar refractivity (Wildman–Crippen MR) is 200 cm³/mol. The van der Waals surface area contributed by atoms with E-state index in [1.54, 1.807) is 42.6 Å². The number of pyridine rings is 2. The zero-order valence-corrected chi connectivity index (χ0v) is 30.4. The van der Waals surface area contributed by atoms with Gasteiger partial charge in [-0.3, -0.25) is 28.8 Å². The van der Waals surface area contributed by atoms with Gasteiger partial charge in [0.15, 0.2) is 0 Å². The van der Waals surface area contributed by atoms with Crippen LogP contribution >= 0.6 is 11.3 Å². The van der Waals surface area contributed by atoms with Crippen molar-refractivity contribution >= 4 is 87.3 Å². The molecule has 17 nitrogen and oxygen atoms in total. The van der Waals surface area contributed by atoms with E-state index in [-0.39, 0.29) is 73.1 Å². The van der Waals surface area contributed by atoms with E-state index in [2.05, 4.69) is 41.5 Å². The highest BCUT2D eigenvalue weighted by molar-refractivity contribution is 7.17. The van der Waals surface area contributed by atoms with E-state index >= 15 is 0 Å². The van der Waals surface area contributed by atoms with Gasteiger partial charge in [-0.05, 0) is 65.2 Å². The molecule has 3 heterocycles. The Hall–Kier alpha value is -6.82. The van der Waals surface area contributed by atoms with Gasteiger partial charge in [0.2, 0.25) is 23.6 Å². The third-order valence-corrected chi connectivity index (χ3v) is 7.65. The molecule has 0 aliphatic rings. The number of amides is 5. The number of thiophene rings is 1. The number of nitrogens with one attached hydrogen (secondary N) is 5. The average molecular weight is 757 g/mol. The second kappa shape index (κ2) is 19.1. The minimum atomic E-state index is -0.590. The highest BCUT2D eigenvalue weighted by Gasteiger charge is 2.14. The van der Waals surface area contributed by atoms with Crippen molar-refractivity contribution in [3.05, 3.63) is 87.8 Å². The number of ether oxygens (including phenoxy) is 2. The van der Waals surface area contributed by atoms with E-state index in [1.165, 1.54) is 52.0 Å². The van der Waals surface area contributed by atoms with E-state index in [0.717, 1.165) is 11.3 Å². The number of aliphatic imine (C=N–C) groups is 1. The van der Waals surface area contributed by atoms with Crippen molar-refractivity contribution in [3.63, 3.8) is 0 Å². The Bertz CT molecular complexity index is 2030. The second-order valence-electron chi connectivity index (χ2n) is 11.5. The zero-order chi connectivity index (χ0) is 39.2. The summed E-state index contributed by atoms with van der Waals surface area (Å²) in [4.78, 5) is 96.4. The Balaban J connectivity index is 1.23. The summed E-state index contributed by atoms with van der Waals surface area (Å²) in [7, 11) is 0. The predicted octanol–water partition coefficient (Wildman–Crippen LogP) is 4.34. The fourth-order valence-electron chi connectivity index (χ4n) is 4.52.